The molecule has 4 nitrogen and oxygen atoms in total. The highest BCUT2D eigenvalue weighted by molar-refractivity contribution is 7.09. The summed E-state index contributed by atoms with van der Waals surface area (Å²) < 4.78 is 42.1. The van der Waals surface area contributed by atoms with Crippen molar-refractivity contribution < 1.29 is 13.2 Å². The van der Waals surface area contributed by atoms with Gasteiger partial charge in [0.1, 0.15) is 11.6 Å². The van der Waals surface area contributed by atoms with Crippen molar-refractivity contribution in [3.05, 3.63) is 109 Å². The number of nitriles is 1. The second-order valence-electron chi connectivity index (χ2n) is 7.58. The summed E-state index contributed by atoms with van der Waals surface area (Å²) in [6.45, 7) is 1.77. The molecule has 0 aliphatic rings. The Morgan fingerprint density at radius 3 is 2.52 bits per heavy atom. The summed E-state index contributed by atoms with van der Waals surface area (Å²) in [5, 5.41) is 12.0. The van der Waals surface area contributed by atoms with Gasteiger partial charge >= 0.3 is 6.18 Å². The summed E-state index contributed by atoms with van der Waals surface area (Å²) in [5.41, 5.74) is -0.119. The number of hydrogen-bond acceptors (Lipinski definition) is 4. The lowest BCUT2D eigenvalue weighted by Gasteiger charge is -2.17. The first-order chi connectivity index (χ1) is 15.8. The molecule has 2 aromatic carbocycles. The molecule has 166 valence electrons. The molecule has 0 amide bonds. The number of pyridine rings is 1. The molecule has 0 radical (unpaired) electrons. The second kappa shape index (κ2) is 9.04. The molecule has 8 heteroatoms. The van der Waals surface area contributed by atoms with E-state index < -0.39 is 22.9 Å². The van der Waals surface area contributed by atoms with E-state index in [0.717, 1.165) is 22.2 Å². The van der Waals surface area contributed by atoms with Crippen LogP contribution in [-0.2, 0) is 19.1 Å². The van der Waals surface area contributed by atoms with Crippen molar-refractivity contribution >= 4 is 11.3 Å². The molecule has 0 saturated carbocycles. The Kier molecular flexibility index (Phi) is 6.16. The van der Waals surface area contributed by atoms with Crippen LogP contribution in [0.15, 0.2) is 70.8 Å². The predicted molar refractivity (Wildman–Crippen MR) is 121 cm³/mol. The van der Waals surface area contributed by atoms with E-state index in [4.69, 9.17) is 0 Å². The zero-order chi connectivity index (χ0) is 23.6. The molecule has 0 spiro atoms. The van der Waals surface area contributed by atoms with Crippen molar-refractivity contribution in [3.63, 3.8) is 0 Å². The third-order valence-electron chi connectivity index (χ3n) is 5.15. The van der Waals surface area contributed by atoms with E-state index in [-0.39, 0.29) is 12.2 Å². The van der Waals surface area contributed by atoms with Gasteiger partial charge in [-0.1, -0.05) is 54.1 Å². The van der Waals surface area contributed by atoms with Crippen molar-refractivity contribution in [2.45, 2.75) is 26.1 Å². The normalized spacial score (nSPS) is 11.4. The van der Waals surface area contributed by atoms with Crippen molar-refractivity contribution in [2.24, 2.45) is 0 Å². The summed E-state index contributed by atoms with van der Waals surface area (Å²) in [6, 6.07) is 19.0. The average molecular weight is 466 g/mol. The Balaban J connectivity index is 1.81. The molecule has 2 heterocycles. The van der Waals surface area contributed by atoms with E-state index >= 15 is 0 Å². The molecule has 0 fully saturated rings. The van der Waals surface area contributed by atoms with Crippen LogP contribution >= 0.6 is 11.3 Å². The minimum atomic E-state index is -4.83. The van der Waals surface area contributed by atoms with Gasteiger partial charge in [-0.25, -0.2) is 4.98 Å². The van der Waals surface area contributed by atoms with E-state index in [0.29, 0.717) is 17.7 Å². The van der Waals surface area contributed by atoms with E-state index in [1.165, 1.54) is 22.0 Å². The fourth-order valence-corrected chi connectivity index (χ4v) is 4.43. The number of benzene rings is 2. The van der Waals surface area contributed by atoms with Crippen LogP contribution < -0.4 is 5.56 Å². The fraction of sp³-hybridized carbons (Fsp3) is 0.160. The highest BCUT2D eigenvalue weighted by Gasteiger charge is 2.36. The minimum absolute atomic E-state index is 0.0415. The molecule has 4 aromatic rings. The van der Waals surface area contributed by atoms with Crippen molar-refractivity contribution in [2.75, 3.05) is 0 Å². The highest BCUT2D eigenvalue weighted by Crippen LogP contribution is 2.34. The van der Waals surface area contributed by atoms with Crippen LogP contribution in [0, 0.1) is 18.3 Å². The Morgan fingerprint density at radius 1 is 1.09 bits per heavy atom. The van der Waals surface area contributed by atoms with Crippen LogP contribution in [0.2, 0.25) is 0 Å². The maximum absolute atomic E-state index is 13.6. The minimum Gasteiger partial charge on any atom is -0.301 e. The lowest BCUT2D eigenvalue weighted by molar-refractivity contribution is -0.137. The summed E-state index contributed by atoms with van der Waals surface area (Å²) >= 11 is 1.42. The van der Waals surface area contributed by atoms with Crippen molar-refractivity contribution in [1.29, 1.82) is 5.26 Å². The average Bonchev–Trinajstić information content (AvgIpc) is 3.21. The molecular weight excluding hydrogens is 447 g/mol. The van der Waals surface area contributed by atoms with Gasteiger partial charge < -0.3 is 4.57 Å². The fourth-order valence-electron chi connectivity index (χ4n) is 3.61. The number of halogens is 3. The smallest absolute Gasteiger partial charge is 0.301 e. The van der Waals surface area contributed by atoms with E-state index in [1.807, 2.05) is 43.3 Å². The van der Waals surface area contributed by atoms with Gasteiger partial charge in [-0.05, 0) is 30.2 Å². The summed E-state index contributed by atoms with van der Waals surface area (Å²) in [5.74, 6) is 0. The lowest BCUT2D eigenvalue weighted by Crippen LogP contribution is -2.28. The van der Waals surface area contributed by atoms with Gasteiger partial charge in [-0.3, -0.25) is 4.79 Å². The van der Waals surface area contributed by atoms with Crippen LogP contribution in [0.1, 0.15) is 33.0 Å². The number of rotatable bonds is 5. The van der Waals surface area contributed by atoms with Gasteiger partial charge in [-0.2, -0.15) is 18.4 Å². The Hall–Kier alpha value is -3.70. The lowest BCUT2D eigenvalue weighted by atomic mass is 10.0. The number of hydrogen-bond donors (Lipinski definition) is 0. The molecule has 33 heavy (non-hydrogen) atoms. The summed E-state index contributed by atoms with van der Waals surface area (Å²) in [4.78, 5) is 17.6. The SMILES string of the molecule is Cc1cccc(-c2cc(C(F)(F)F)c(C#N)c(=O)n2Cc2csc(Cc3ccccc3)n2)c1. The standard InChI is InChI=1S/C25H18F3N3OS/c1-16-6-5-9-18(10-16)22-12-21(25(26,27)28)20(13-29)24(32)31(22)14-19-15-33-23(30-19)11-17-7-3-2-4-8-17/h2-10,12,15H,11,14H2,1H3. The van der Waals surface area contributed by atoms with Crippen LogP contribution in [0.5, 0.6) is 0 Å². The summed E-state index contributed by atoms with van der Waals surface area (Å²) in [6.07, 6.45) is -4.22. The van der Waals surface area contributed by atoms with E-state index in [1.54, 1.807) is 23.6 Å². The van der Waals surface area contributed by atoms with Gasteiger partial charge in [0.2, 0.25) is 0 Å². The van der Waals surface area contributed by atoms with Gasteiger partial charge in [0.15, 0.2) is 0 Å². The second-order valence-corrected chi connectivity index (χ2v) is 8.53. The molecule has 0 saturated heterocycles. The topological polar surface area (TPSA) is 58.7 Å². The number of thiazole rings is 1. The first-order valence-electron chi connectivity index (χ1n) is 10.1. The van der Waals surface area contributed by atoms with E-state index in [2.05, 4.69) is 4.98 Å². The van der Waals surface area contributed by atoms with Gasteiger partial charge in [0.25, 0.3) is 5.56 Å². The highest BCUT2D eigenvalue weighted by atomic mass is 32.1. The Morgan fingerprint density at radius 2 is 1.85 bits per heavy atom. The molecule has 0 aliphatic heterocycles. The molecule has 0 bridgehead atoms. The predicted octanol–water partition coefficient (Wildman–Crippen LogP) is 5.81. The van der Waals surface area contributed by atoms with Crippen LogP contribution in [0.4, 0.5) is 13.2 Å². The Labute approximate surface area is 192 Å². The zero-order valence-electron chi connectivity index (χ0n) is 17.6. The molecule has 0 N–H and O–H groups in total. The van der Waals surface area contributed by atoms with Gasteiger partial charge in [0.05, 0.1) is 28.5 Å². The third-order valence-corrected chi connectivity index (χ3v) is 6.05. The monoisotopic (exact) mass is 465 g/mol. The molecular formula is C25H18F3N3OS. The van der Waals surface area contributed by atoms with Crippen LogP contribution in [0.25, 0.3) is 11.3 Å². The van der Waals surface area contributed by atoms with Gasteiger partial charge in [-0.15, -0.1) is 11.3 Å². The molecule has 0 aliphatic carbocycles. The molecule has 4 rings (SSSR count). The summed E-state index contributed by atoms with van der Waals surface area (Å²) in [7, 11) is 0. The number of alkyl halides is 3. The quantitative estimate of drug-likeness (QED) is 0.374. The molecule has 0 atom stereocenters. The maximum atomic E-state index is 13.6. The molecule has 2 aromatic heterocycles. The van der Waals surface area contributed by atoms with Crippen molar-refractivity contribution in [3.8, 4) is 17.3 Å². The van der Waals surface area contributed by atoms with Gasteiger partial charge in [0, 0.05) is 11.8 Å². The maximum Gasteiger partial charge on any atom is 0.417 e. The Bertz CT molecular complexity index is 1400. The van der Waals surface area contributed by atoms with Crippen LogP contribution in [-0.4, -0.2) is 9.55 Å². The first kappa shape index (κ1) is 22.5. The molecule has 0 unspecified atom stereocenters. The zero-order valence-corrected chi connectivity index (χ0v) is 18.4. The first-order valence-corrected chi connectivity index (χ1v) is 10.9. The number of nitrogens with zero attached hydrogens (tertiary/aromatic N) is 3. The van der Waals surface area contributed by atoms with E-state index in [9.17, 15) is 23.2 Å². The third kappa shape index (κ3) is 4.89. The number of aromatic nitrogens is 2. The van der Waals surface area contributed by atoms with Crippen molar-refractivity contribution in [1.82, 2.24) is 9.55 Å². The largest absolute Gasteiger partial charge is 0.417 e. The number of aryl methyl sites for hydroxylation is 1. The van der Waals surface area contributed by atoms with Crippen LogP contribution in [0.3, 0.4) is 0 Å².